The van der Waals surface area contributed by atoms with Crippen molar-refractivity contribution in [2.45, 2.75) is 24.8 Å². The number of rotatable bonds is 6. The Labute approximate surface area is 141 Å². The summed E-state index contributed by atoms with van der Waals surface area (Å²) in [7, 11) is -3.53. The molecular weight excluding hydrogens is 324 g/mol. The molecule has 0 fully saturated rings. The number of nitrogens with zero attached hydrogens (tertiary/aromatic N) is 1. The van der Waals surface area contributed by atoms with E-state index in [1.165, 1.54) is 0 Å². The molecule has 0 aliphatic heterocycles. The Kier molecular flexibility index (Phi) is 4.78. The Morgan fingerprint density at radius 3 is 2.38 bits per heavy atom. The topological polar surface area (TPSA) is 72.2 Å². The van der Waals surface area contributed by atoms with Gasteiger partial charge in [-0.15, -0.1) is 0 Å². The first-order valence-corrected chi connectivity index (χ1v) is 9.13. The van der Waals surface area contributed by atoms with E-state index in [0.29, 0.717) is 0 Å². The predicted octanol–water partition coefficient (Wildman–Crippen LogP) is 3.38. The van der Waals surface area contributed by atoms with Crippen molar-refractivity contribution in [2.75, 3.05) is 0 Å². The van der Waals surface area contributed by atoms with E-state index in [0.717, 1.165) is 28.8 Å². The number of furan rings is 1. The van der Waals surface area contributed by atoms with Crippen molar-refractivity contribution < 1.29 is 12.8 Å². The van der Waals surface area contributed by atoms with Gasteiger partial charge in [-0.1, -0.05) is 25.1 Å². The smallest absolute Gasteiger partial charge is 0.240 e. The van der Waals surface area contributed by atoms with Crippen LogP contribution in [0.5, 0.6) is 0 Å². The number of hydrogen-bond acceptors (Lipinski definition) is 4. The van der Waals surface area contributed by atoms with Gasteiger partial charge in [-0.2, -0.15) is 0 Å². The quantitative estimate of drug-likeness (QED) is 0.745. The number of benzene rings is 1. The molecule has 3 aromatic rings. The van der Waals surface area contributed by atoms with Crippen LogP contribution in [0.4, 0.5) is 0 Å². The van der Waals surface area contributed by atoms with Gasteiger partial charge in [0.25, 0.3) is 0 Å². The molecular formula is C18H18N2O3S. The minimum atomic E-state index is -3.53. The molecule has 124 valence electrons. The standard InChI is InChI=1S/C18H18N2O3S/c1-2-14-3-6-17(7-4-14)24(21,22)20-12-15-5-8-18(19-11-15)16-9-10-23-13-16/h3-11,13,20H,2,12H2,1H3. The summed E-state index contributed by atoms with van der Waals surface area (Å²) in [5.41, 5.74) is 3.56. The molecule has 24 heavy (non-hydrogen) atoms. The minimum absolute atomic E-state index is 0.191. The van der Waals surface area contributed by atoms with Crippen LogP contribution in [0.2, 0.25) is 0 Å². The molecule has 0 aliphatic rings. The highest BCUT2D eigenvalue weighted by Gasteiger charge is 2.13. The molecule has 6 heteroatoms. The molecule has 0 atom stereocenters. The van der Waals surface area contributed by atoms with Crippen molar-refractivity contribution in [3.05, 3.63) is 72.3 Å². The van der Waals surface area contributed by atoms with Crippen LogP contribution in [-0.4, -0.2) is 13.4 Å². The normalized spacial score (nSPS) is 11.5. The van der Waals surface area contributed by atoms with Gasteiger partial charge in [0.1, 0.15) is 0 Å². The Morgan fingerprint density at radius 1 is 1.04 bits per heavy atom. The van der Waals surface area contributed by atoms with Crippen LogP contribution in [0.25, 0.3) is 11.3 Å². The fourth-order valence-electron chi connectivity index (χ4n) is 2.28. The van der Waals surface area contributed by atoms with Crippen molar-refractivity contribution in [1.29, 1.82) is 0 Å². The lowest BCUT2D eigenvalue weighted by Crippen LogP contribution is -2.23. The maximum atomic E-state index is 12.3. The molecule has 0 amide bonds. The highest BCUT2D eigenvalue weighted by Crippen LogP contribution is 2.17. The molecule has 0 aliphatic carbocycles. The van der Waals surface area contributed by atoms with Gasteiger partial charge in [0.2, 0.25) is 10.0 Å². The van der Waals surface area contributed by atoms with Gasteiger partial charge in [-0.3, -0.25) is 4.98 Å². The van der Waals surface area contributed by atoms with E-state index in [1.54, 1.807) is 30.9 Å². The van der Waals surface area contributed by atoms with E-state index in [-0.39, 0.29) is 11.4 Å². The molecule has 0 spiro atoms. The van der Waals surface area contributed by atoms with Gasteiger partial charge in [-0.05, 0) is 41.8 Å². The summed E-state index contributed by atoms with van der Waals surface area (Å²) >= 11 is 0. The Bertz CT molecular complexity index is 884. The third-order valence-corrected chi connectivity index (χ3v) is 5.17. The highest BCUT2D eigenvalue weighted by molar-refractivity contribution is 7.89. The van der Waals surface area contributed by atoms with Gasteiger partial charge in [0.05, 0.1) is 23.1 Å². The Balaban J connectivity index is 1.67. The number of nitrogens with one attached hydrogen (secondary N) is 1. The molecule has 0 bridgehead atoms. The minimum Gasteiger partial charge on any atom is -0.472 e. The van der Waals surface area contributed by atoms with Crippen LogP contribution < -0.4 is 4.72 Å². The van der Waals surface area contributed by atoms with Crippen molar-refractivity contribution in [1.82, 2.24) is 9.71 Å². The molecule has 1 aromatic carbocycles. The van der Waals surface area contributed by atoms with Crippen LogP contribution in [0.1, 0.15) is 18.1 Å². The van der Waals surface area contributed by atoms with Crippen LogP contribution in [0, 0.1) is 0 Å². The second-order valence-corrected chi connectivity index (χ2v) is 7.15. The SMILES string of the molecule is CCc1ccc(S(=O)(=O)NCc2ccc(-c3ccoc3)nc2)cc1. The van der Waals surface area contributed by atoms with Crippen molar-refractivity contribution in [2.24, 2.45) is 0 Å². The number of pyridine rings is 1. The summed E-state index contributed by atoms with van der Waals surface area (Å²) < 4.78 is 32.3. The lowest BCUT2D eigenvalue weighted by molar-refractivity contribution is 0.568. The van der Waals surface area contributed by atoms with E-state index in [2.05, 4.69) is 9.71 Å². The molecule has 0 saturated carbocycles. The largest absolute Gasteiger partial charge is 0.472 e. The maximum Gasteiger partial charge on any atom is 0.240 e. The molecule has 0 saturated heterocycles. The summed E-state index contributed by atoms with van der Waals surface area (Å²) in [6.45, 7) is 2.22. The highest BCUT2D eigenvalue weighted by atomic mass is 32.2. The lowest BCUT2D eigenvalue weighted by atomic mass is 10.2. The second kappa shape index (κ2) is 6.98. The number of aromatic nitrogens is 1. The molecule has 1 N–H and O–H groups in total. The zero-order chi connectivity index (χ0) is 17.0. The third kappa shape index (κ3) is 3.72. The van der Waals surface area contributed by atoms with Gasteiger partial charge >= 0.3 is 0 Å². The lowest BCUT2D eigenvalue weighted by Gasteiger charge is -2.08. The van der Waals surface area contributed by atoms with Crippen molar-refractivity contribution in [3.63, 3.8) is 0 Å². The van der Waals surface area contributed by atoms with E-state index in [1.807, 2.05) is 37.3 Å². The van der Waals surface area contributed by atoms with Crippen LogP contribution in [0.3, 0.4) is 0 Å². The van der Waals surface area contributed by atoms with Crippen LogP contribution in [-0.2, 0) is 23.0 Å². The fourth-order valence-corrected chi connectivity index (χ4v) is 3.29. The van der Waals surface area contributed by atoms with E-state index >= 15 is 0 Å². The summed E-state index contributed by atoms with van der Waals surface area (Å²) in [4.78, 5) is 4.59. The second-order valence-electron chi connectivity index (χ2n) is 5.39. The van der Waals surface area contributed by atoms with E-state index < -0.39 is 10.0 Å². The van der Waals surface area contributed by atoms with Gasteiger partial charge in [0, 0.05) is 18.3 Å². The first-order chi connectivity index (χ1) is 11.6. The van der Waals surface area contributed by atoms with E-state index in [9.17, 15) is 8.42 Å². The average molecular weight is 342 g/mol. The third-order valence-electron chi connectivity index (χ3n) is 3.75. The Morgan fingerprint density at radius 2 is 1.79 bits per heavy atom. The van der Waals surface area contributed by atoms with Crippen LogP contribution in [0.15, 0.2) is 70.5 Å². The first kappa shape index (κ1) is 16.4. The van der Waals surface area contributed by atoms with Gasteiger partial charge < -0.3 is 4.42 Å². The van der Waals surface area contributed by atoms with Gasteiger partial charge in [-0.25, -0.2) is 13.1 Å². The summed E-state index contributed by atoms with van der Waals surface area (Å²) in [6, 6.07) is 12.4. The zero-order valence-electron chi connectivity index (χ0n) is 13.3. The fraction of sp³-hybridized carbons (Fsp3) is 0.167. The number of sulfonamides is 1. The molecule has 3 rings (SSSR count). The monoisotopic (exact) mass is 342 g/mol. The van der Waals surface area contributed by atoms with Crippen molar-refractivity contribution in [3.8, 4) is 11.3 Å². The molecule has 5 nitrogen and oxygen atoms in total. The molecule has 0 radical (unpaired) electrons. The molecule has 2 aromatic heterocycles. The summed E-state index contributed by atoms with van der Waals surface area (Å²) in [5, 5.41) is 0. The van der Waals surface area contributed by atoms with Gasteiger partial charge in [0.15, 0.2) is 0 Å². The first-order valence-electron chi connectivity index (χ1n) is 7.64. The Hall–Kier alpha value is -2.44. The molecule has 2 heterocycles. The zero-order valence-corrected chi connectivity index (χ0v) is 14.1. The number of hydrogen-bond donors (Lipinski definition) is 1. The molecule has 0 unspecified atom stereocenters. The van der Waals surface area contributed by atoms with E-state index in [4.69, 9.17) is 4.42 Å². The maximum absolute atomic E-state index is 12.3. The van der Waals surface area contributed by atoms with Crippen LogP contribution >= 0.6 is 0 Å². The predicted molar refractivity (Wildman–Crippen MR) is 91.8 cm³/mol. The average Bonchev–Trinajstić information content (AvgIpc) is 3.15. The summed E-state index contributed by atoms with van der Waals surface area (Å²) in [6.07, 6.45) is 5.74. The number of aryl methyl sites for hydroxylation is 1. The van der Waals surface area contributed by atoms with Crippen molar-refractivity contribution >= 4 is 10.0 Å². The summed E-state index contributed by atoms with van der Waals surface area (Å²) in [5.74, 6) is 0.